The molecule has 0 aliphatic heterocycles. The molecule has 1 aliphatic carbocycles. The van der Waals surface area contributed by atoms with Crippen molar-refractivity contribution in [3.8, 4) is 11.8 Å². The normalized spacial score (nSPS) is 22.5. The number of anilines is 1. The zero-order valence-electron chi connectivity index (χ0n) is 11.6. The second-order valence-electron chi connectivity index (χ2n) is 5.10. The van der Waals surface area contributed by atoms with Crippen LogP contribution in [0.15, 0.2) is 12.1 Å². The van der Waals surface area contributed by atoms with Gasteiger partial charge in [0.25, 0.3) is 0 Å². The van der Waals surface area contributed by atoms with E-state index in [0.29, 0.717) is 17.8 Å². The number of halogens is 1. The Morgan fingerprint density at radius 2 is 2.00 bits per heavy atom. The Bertz CT molecular complexity index is 453. The number of aromatic nitrogens is 2. The van der Waals surface area contributed by atoms with Gasteiger partial charge in [0.2, 0.25) is 0 Å². The monoisotopic (exact) mass is 277 g/mol. The third kappa shape index (κ3) is 3.84. The van der Waals surface area contributed by atoms with Gasteiger partial charge in [-0.25, -0.2) is 0 Å². The SMILES string of the molecule is Cc1ccc(N(C)[C@H]2CC[C@H](C#CCCl)CC2)nn1. The standard InChI is InChI=1S/C15H20ClN3/c1-12-5-10-15(18-17-12)19(2)14-8-6-13(7-9-14)4-3-11-16/h5,10,13-14H,6-9,11H2,1-2H3/t13-,14-. The van der Waals surface area contributed by atoms with Crippen LogP contribution in [0.3, 0.4) is 0 Å². The Kier molecular flexibility index (Phi) is 5.04. The van der Waals surface area contributed by atoms with Crippen LogP contribution in [-0.4, -0.2) is 29.2 Å². The molecule has 0 N–H and O–H groups in total. The largest absolute Gasteiger partial charge is 0.355 e. The topological polar surface area (TPSA) is 29.0 Å². The van der Waals surface area contributed by atoms with E-state index in [0.717, 1.165) is 37.2 Å². The van der Waals surface area contributed by atoms with Crippen LogP contribution in [0.4, 0.5) is 5.82 Å². The lowest BCUT2D eigenvalue weighted by Crippen LogP contribution is -2.35. The summed E-state index contributed by atoms with van der Waals surface area (Å²) in [5.74, 6) is 8.15. The predicted molar refractivity (Wildman–Crippen MR) is 79.4 cm³/mol. The van der Waals surface area contributed by atoms with Gasteiger partial charge in [-0.05, 0) is 44.7 Å². The molecule has 0 radical (unpaired) electrons. The minimum absolute atomic E-state index is 0.443. The summed E-state index contributed by atoms with van der Waals surface area (Å²) < 4.78 is 0. The molecule has 1 heterocycles. The van der Waals surface area contributed by atoms with E-state index < -0.39 is 0 Å². The van der Waals surface area contributed by atoms with E-state index >= 15 is 0 Å². The average molecular weight is 278 g/mol. The summed E-state index contributed by atoms with van der Waals surface area (Å²) in [4.78, 5) is 2.25. The number of nitrogens with zero attached hydrogens (tertiary/aromatic N) is 3. The van der Waals surface area contributed by atoms with Crippen molar-refractivity contribution >= 4 is 17.4 Å². The van der Waals surface area contributed by atoms with Crippen molar-refractivity contribution in [2.24, 2.45) is 5.92 Å². The first-order valence-electron chi connectivity index (χ1n) is 6.78. The van der Waals surface area contributed by atoms with Gasteiger partial charge in [-0.3, -0.25) is 0 Å². The molecule has 102 valence electrons. The Labute approximate surface area is 120 Å². The molecule has 1 saturated carbocycles. The van der Waals surface area contributed by atoms with E-state index in [1.54, 1.807) is 0 Å². The van der Waals surface area contributed by atoms with Crippen molar-refractivity contribution in [2.45, 2.75) is 38.6 Å². The maximum Gasteiger partial charge on any atom is 0.151 e. The fourth-order valence-electron chi connectivity index (χ4n) is 2.56. The van der Waals surface area contributed by atoms with E-state index in [1.807, 2.05) is 19.1 Å². The lowest BCUT2D eigenvalue weighted by atomic mass is 9.86. The van der Waals surface area contributed by atoms with Crippen molar-refractivity contribution in [3.05, 3.63) is 17.8 Å². The first kappa shape index (κ1) is 14.1. The zero-order valence-corrected chi connectivity index (χ0v) is 12.3. The highest BCUT2D eigenvalue weighted by Gasteiger charge is 2.23. The summed E-state index contributed by atoms with van der Waals surface area (Å²) in [6.07, 6.45) is 4.62. The van der Waals surface area contributed by atoms with Crippen LogP contribution >= 0.6 is 11.6 Å². The molecule has 2 rings (SSSR count). The van der Waals surface area contributed by atoms with Crippen LogP contribution in [0.1, 0.15) is 31.4 Å². The molecule has 1 aromatic heterocycles. The van der Waals surface area contributed by atoms with Gasteiger partial charge >= 0.3 is 0 Å². The molecule has 4 heteroatoms. The van der Waals surface area contributed by atoms with E-state index in [2.05, 4.69) is 34.0 Å². The van der Waals surface area contributed by atoms with Crippen LogP contribution in [0.2, 0.25) is 0 Å². The van der Waals surface area contributed by atoms with Crippen LogP contribution in [-0.2, 0) is 0 Å². The maximum absolute atomic E-state index is 5.60. The predicted octanol–water partition coefficient (Wildman–Crippen LogP) is 3.02. The molecular weight excluding hydrogens is 258 g/mol. The summed E-state index contributed by atoms with van der Waals surface area (Å²) in [6.45, 7) is 1.96. The van der Waals surface area contributed by atoms with Crippen LogP contribution < -0.4 is 4.90 Å². The molecule has 0 saturated heterocycles. The van der Waals surface area contributed by atoms with Crippen LogP contribution in [0.25, 0.3) is 0 Å². The first-order chi connectivity index (χ1) is 9.20. The molecule has 1 fully saturated rings. The summed E-state index contributed by atoms with van der Waals surface area (Å²) in [5.41, 5.74) is 0.956. The molecule has 1 aliphatic rings. The fraction of sp³-hybridized carbons (Fsp3) is 0.600. The third-order valence-electron chi connectivity index (χ3n) is 3.76. The molecule has 0 bridgehead atoms. The summed E-state index contributed by atoms with van der Waals surface area (Å²) in [5, 5.41) is 8.37. The van der Waals surface area contributed by atoms with Gasteiger partial charge in [0.1, 0.15) is 0 Å². The zero-order chi connectivity index (χ0) is 13.7. The van der Waals surface area contributed by atoms with Crippen LogP contribution in [0, 0.1) is 24.7 Å². The molecule has 19 heavy (non-hydrogen) atoms. The molecule has 1 aromatic rings. The minimum Gasteiger partial charge on any atom is -0.355 e. The van der Waals surface area contributed by atoms with Gasteiger partial charge in [0.15, 0.2) is 5.82 Å². The number of hydrogen-bond donors (Lipinski definition) is 0. The van der Waals surface area contributed by atoms with Gasteiger partial charge in [-0.15, -0.1) is 16.7 Å². The van der Waals surface area contributed by atoms with Crippen molar-refractivity contribution in [1.29, 1.82) is 0 Å². The molecule has 0 unspecified atom stereocenters. The minimum atomic E-state index is 0.443. The molecule has 0 aromatic carbocycles. The lowest BCUT2D eigenvalue weighted by Gasteiger charge is -2.33. The molecule has 0 amide bonds. The van der Waals surface area contributed by atoms with E-state index in [9.17, 15) is 0 Å². The molecule has 3 nitrogen and oxygen atoms in total. The highest BCUT2D eigenvalue weighted by Crippen LogP contribution is 2.28. The van der Waals surface area contributed by atoms with Gasteiger partial charge < -0.3 is 4.90 Å². The number of rotatable bonds is 2. The van der Waals surface area contributed by atoms with E-state index in [1.165, 1.54) is 0 Å². The fourth-order valence-corrected chi connectivity index (χ4v) is 2.63. The van der Waals surface area contributed by atoms with Crippen molar-refractivity contribution < 1.29 is 0 Å². The van der Waals surface area contributed by atoms with Crippen molar-refractivity contribution in [3.63, 3.8) is 0 Å². The molecule has 0 atom stereocenters. The number of hydrogen-bond acceptors (Lipinski definition) is 3. The number of alkyl halides is 1. The van der Waals surface area contributed by atoms with Gasteiger partial charge in [-0.1, -0.05) is 11.8 Å². The Hall–Kier alpha value is -1.27. The van der Waals surface area contributed by atoms with Gasteiger partial charge in [0.05, 0.1) is 11.6 Å². The summed E-state index contributed by atoms with van der Waals surface area (Å²) >= 11 is 5.60. The summed E-state index contributed by atoms with van der Waals surface area (Å²) in [7, 11) is 2.11. The summed E-state index contributed by atoms with van der Waals surface area (Å²) in [6, 6.07) is 4.60. The van der Waals surface area contributed by atoms with Crippen molar-refractivity contribution in [2.75, 3.05) is 17.8 Å². The second kappa shape index (κ2) is 6.77. The maximum atomic E-state index is 5.60. The number of aryl methyl sites for hydroxylation is 1. The Balaban J connectivity index is 1.92. The highest BCUT2D eigenvalue weighted by atomic mass is 35.5. The van der Waals surface area contributed by atoms with Crippen molar-refractivity contribution in [1.82, 2.24) is 10.2 Å². The van der Waals surface area contributed by atoms with E-state index in [-0.39, 0.29) is 0 Å². The smallest absolute Gasteiger partial charge is 0.151 e. The second-order valence-corrected chi connectivity index (χ2v) is 5.37. The van der Waals surface area contributed by atoms with Gasteiger partial charge in [-0.2, -0.15) is 5.10 Å². The Morgan fingerprint density at radius 3 is 2.58 bits per heavy atom. The van der Waals surface area contributed by atoms with Gasteiger partial charge in [0, 0.05) is 19.0 Å². The quantitative estimate of drug-likeness (QED) is 0.615. The highest BCUT2D eigenvalue weighted by molar-refractivity contribution is 6.19. The first-order valence-corrected chi connectivity index (χ1v) is 7.31. The van der Waals surface area contributed by atoms with Crippen LogP contribution in [0.5, 0.6) is 0 Å². The lowest BCUT2D eigenvalue weighted by molar-refractivity contribution is 0.373. The third-order valence-corrected chi connectivity index (χ3v) is 3.90. The van der Waals surface area contributed by atoms with E-state index in [4.69, 9.17) is 11.6 Å². The average Bonchev–Trinajstić information content (AvgIpc) is 2.46. The molecule has 0 spiro atoms. The molecular formula is C15H20ClN3. The Morgan fingerprint density at radius 1 is 1.26 bits per heavy atom.